The van der Waals surface area contributed by atoms with Gasteiger partial charge < -0.3 is 9.64 Å². The zero-order valence-corrected chi connectivity index (χ0v) is 10.1. The molecule has 1 heterocycles. The van der Waals surface area contributed by atoms with Gasteiger partial charge in [0.2, 0.25) is 0 Å². The van der Waals surface area contributed by atoms with Crippen molar-refractivity contribution in [2.24, 2.45) is 0 Å². The first-order valence-corrected chi connectivity index (χ1v) is 5.83. The lowest BCUT2D eigenvalue weighted by Crippen LogP contribution is -2.36. The Hall–Kier alpha value is -1.28. The van der Waals surface area contributed by atoms with E-state index in [4.69, 9.17) is 4.74 Å². The Morgan fingerprint density at radius 2 is 2.00 bits per heavy atom. The van der Waals surface area contributed by atoms with Crippen LogP contribution in [0.5, 0.6) is 0 Å². The van der Waals surface area contributed by atoms with Crippen LogP contribution in [0.3, 0.4) is 0 Å². The minimum Gasteiger partial charge on any atom is -0.378 e. The van der Waals surface area contributed by atoms with Gasteiger partial charge >= 0.3 is 0 Å². The Morgan fingerprint density at radius 3 is 2.69 bits per heavy atom. The second-order valence-corrected chi connectivity index (χ2v) is 4.42. The quantitative estimate of drug-likeness (QED) is 0.755. The number of morpholine rings is 1. The highest BCUT2D eigenvalue weighted by molar-refractivity contribution is 5.59. The standard InChI is InChI=1S/C14H19NO/c1-12(2)10-13-4-3-5-14(11-13)15-6-8-16-9-7-15/h3-5,10-11H,6-9H2,1-2H3. The third-order valence-electron chi connectivity index (χ3n) is 2.70. The van der Waals surface area contributed by atoms with Gasteiger partial charge in [0.05, 0.1) is 13.2 Å². The van der Waals surface area contributed by atoms with E-state index in [0.717, 1.165) is 26.3 Å². The Labute approximate surface area is 97.5 Å². The van der Waals surface area contributed by atoms with Gasteiger partial charge in [-0.05, 0) is 31.5 Å². The molecule has 1 aliphatic rings. The third kappa shape index (κ3) is 2.86. The topological polar surface area (TPSA) is 12.5 Å². The summed E-state index contributed by atoms with van der Waals surface area (Å²) in [5, 5.41) is 0. The molecule has 0 aromatic heterocycles. The summed E-state index contributed by atoms with van der Waals surface area (Å²) in [5.74, 6) is 0. The van der Waals surface area contributed by atoms with E-state index in [9.17, 15) is 0 Å². The normalized spacial score (nSPS) is 16.0. The van der Waals surface area contributed by atoms with Crippen molar-refractivity contribution >= 4 is 11.8 Å². The molecular formula is C14H19NO. The molecule has 1 saturated heterocycles. The van der Waals surface area contributed by atoms with Gasteiger partial charge in [0.15, 0.2) is 0 Å². The van der Waals surface area contributed by atoms with Crippen LogP contribution in [0.4, 0.5) is 5.69 Å². The van der Waals surface area contributed by atoms with Crippen LogP contribution in [0.2, 0.25) is 0 Å². The predicted octanol–water partition coefficient (Wildman–Crippen LogP) is 2.95. The first-order valence-electron chi connectivity index (χ1n) is 5.83. The summed E-state index contributed by atoms with van der Waals surface area (Å²) >= 11 is 0. The van der Waals surface area contributed by atoms with Gasteiger partial charge in [0, 0.05) is 18.8 Å². The SMILES string of the molecule is CC(C)=Cc1cccc(N2CCOCC2)c1. The van der Waals surface area contributed by atoms with Crippen molar-refractivity contribution in [3.05, 3.63) is 35.4 Å². The lowest BCUT2D eigenvalue weighted by atomic mass is 10.1. The Kier molecular flexibility index (Phi) is 3.62. The van der Waals surface area contributed by atoms with E-state index < -0.39 is 0 Å². The highest BCUT2D eigenvalue weighted by Gasteiger charge is 2.10. The van der Waals surface area contributed by atoms with Gasteiger partial charge in [0.1, 0.15) is 0 Å². The number of rotatable bonds is 2. The molecule has 0 radical (unpaired) electrons. The summed E-state index contributed by atoms with van der Waals surface area (Å²) in [7, 11) is 0. The second-order valence-electron chi connectivity index (χ2n) is 4.42. The maximum absolute atomic E-state index is 5.36. The molecule has 1 aromatic rings. The van der Waals surface area contributed by atoms with E-state index >= 15 is 0 Å². The number of allylic oxidation sites excluding steroid dienone is 1. The van der Waals surface area contributed by atoms with Crippen LogP contribution in [0, 0.1) is 0 Å². The minimum atomic E-state index is 0.840. The number of nitrogens with zero attached hydrogens (tertiary/aromatic N) is 1. The number of ether oxygens (including phenoxy) is 1. The monoisotopic (exact) mass is 217 g/mol. The van der Waals surface area contributed by atoms with Gasteiger partial charge in [-0.15, -0.1) is 0 Å². The zero-order chi connectivity index (χ0) is 11.4. The molecule has 2 rings (SSSR count). The number of hydrogen-bond acceptors (Lipinski definition) is 2. The molecule has 0 atom stereocenters. The summed E-state index contributed by atoms with van der Waals surface area (Å²) in [6.45, 7) is 7.93. The average Bonchev–Trinajstić information content (AvgIpc) is 2.30. The van der Waals surface area contributed by atoms with Crippen LogP contribution >= 0.6 is 0 Å². The summed E-state index contributed by atoms with van der Waals surface area (Å²) < 4.78 is 5.36. The van der Waals surface area contributed by atoms with Crippen molar-refractivity contribution in [3.63, 3.8) is 0 Å². The summed E-state index contributed by atoms with van der Waals surface area (Å²) in [5.41, 5.74) is 3.92. The van der Waals surface area contributed by atoms with Crippen molar-refractivity contribution < 1.29 is 4.74 Å². The maximum Gasteiger partial charge on any atom is 0.0642 e. The fraction of sp³-hybridized carbons (Fsp3) is 0.429. The van der Waals surface area contributed by atoms with Gasteiger partial charge in [-0.3, -0.25) is 0 Å². The van der Waals surface area contributed by atoms with Crippen LogP contribution in [0.25, 0.3) is 6.08 Å². The van der Waals surface area contributed by atoms with Gasteiger partial charge in [-0.25, -0.2) is 0 Å². The molecule has 1 aromatic carbocycles. The molecule has 1 fully saturated rings. The van der Waals surface area contributed by atoms with E-state index in [1.807, 2.05) is 0 Å². The molecule has 0 saturated carbocycles. The van der Waals surface area contributed by atoms with Crippen LogP contribution < -0.4 is 4.90 Å². The summed E-state index contributed by atoms with van der Waals surface area (Å²) in [6, 6.07) is 8.70. The van der Waals surface area contributed by atoms with Crippen molar-refractivity contribution in [2.45, 2.75) is 13.8 Å². The molecule has 0 bridgehead atoms. The van der Waals surface area contributed by atoms with Crippen molar-refractivity contribution in [2.75, 3.05) is 31.2 Å². The largest absolute Gasteiger partial charge is 0.378 e. The van der Waals surface area contributed by atoms with Gasteiger partial charge in [-0.2, -0.15) is 0 Å². The molecule has 0 amide bonds. The molecule has 0 spiro atoms. The lowest BCUT2D eigenvalue weighted by Gasteiger charge is -2.29. The first kappa shape index (κ1) is 11.2. The lowest BCUT2D eigenvalue weighted by molar-refractivity contribution is 0.122. The van der Waals surface area contributed by atoms with E-state index in [1.54, 1.807) is 0 Å². The van der Waals surface area contributed by atoms with Crippen LogP contribution in [-0.2, 0) is 4.74 Å². The van der Waals surface area contributed by atoms with E-state index in [0.29, 0.717) is 0 Å². The minimum absolute atomic E-state index is 0.840. The van der Waals surface area contributed by atoms with Gasteiger partial charge in [0.25, 0.3) is 0 Å². The zero-order valence-electron chi connectivity index (χ0n) is 10.1. The molecule has 0 unspecified atom stereocenters. The second kappa shape index (κ2) is 5.17. The maximum atomic E-state index is 5.36. The smallest absolute Gasteiger partial charge is 0.0642 e. The molecular weight excluding hydrogens is 198 g/mol. The highest BCUT2D eigenvalue weighted by atomic mass is 16.5. The van der Waals surface area contributed by atoms with Crippen LogP contribution in [-0.4, -0.2) is 26.3 Å². The molecule has 2 nitrogen and oxygen atoms in total. The Balaban J connectivity index is 2.17. The highest BCUT2D eigenvalue weighted by Crippen LogP contribution is 2.19. The van der Waals surface area contributed by atoms with E-state index in [2.05, 4.69) is 49.1 Å². The van der Waals surface area contributed by atoms with Crippen LogP contribution in [0.15, 0.2) is 29.8 Å². The summed E-state index contributed by atoms with van der Waals surface area (Å²) in [4.78, 5) is 2.38. The van der Waals surface area contributed by atoms with Gasteiger partial charge in [-0.1, -0.05) is 23.8 Å². The molecule has 2 heteroatoms. The Morgan fingerprint density at radius 1 is 1.25 bits per heavy atom. The first-order chi connectivity index (χ1) is 7.75. The molecule has 16 heavy (non-hydrogen) atoms. The fourth-order valence-electron chi connectivity index (χ4n) is 1.97. The van der Waals surface area contributed by atoms with Crippen LogP contribution in [0.1, 0.15) is 19.4 Å². The number of hydrogen-bond donors (Lipinski definition) is 0. The predicted molar refractivity (Wildman–Crippen MR) is 68.8 cm³/mol. The molecule has 0 aliphatic carbocycles. The molecule has 86 valence electrons. The van der Waals surface area contributed by atoms with Crippen molar-refractivity contribution in [1.29, 1.82) is 0 Å². The fourth-order valence-corrected chi connectivity index (χ4v) is 1.97. The van der Waals surface area contributed by atoms with E-state index in [-0.39, 0.29) is 0 Å². The number of benzene rings is 1. The number of anilines is 1. The molecule has 1 aliphatic heterocycles. The average molecular weight is 217 g/mol. The van der Waals surface area contributed by atoms with Crippen molar-refractivity contribution in [3.8, 4) is 0 Å². The summed E-state index contributed by atoms with van der Waals surface area (Å²) in [6.07, 6.45) is 2.21. The molecule has 0 N–H and O–H groups in total. The van der Waals surface area contributed by atoms with Crippen molar-refractivity contribution in [1.82, 2.24) is 0 Å². The Bertz CT molecular complexity index is 374. The van der Waals surface area contributed by atoms with E-state index in [1.165, 1.54) is 16.8 Å². The third-order valence-corrected chi connectivity index (χ3v) is 2.70.